The van der Waals surface area contributed by atoms with Crippen LogP contribution in [-0.2, 0) is 20.7 Å². The molecule has 0 saturated heterocycles. The van der Waals surface area contributed by atoms with Gasteiger partial charge < -0.3 is 14.2 Å². The molecule has 1 aromatic heterocycles. The first-order chi connectivity index (χ1) is 22.4. The van der Waals surface area contributed by atoms with Crippen molar-refractivity contribution < 1.29 is 28.6 Å². The van der Waals surface area contributed by atoms with Crippen LogP contribution in [0.15, 0.2) is 60.9 Å². The van der Waals surface area contributed by atoms with E-state index in [4.69, 9.17) is 14.2 Å². The molecule has 46 heavy (non-hydrogen) atoms. The number of nitrogens with zero attached hydrogens (tertiary/aromatic N) is 2. The van der Waals surface area contributed by atoms with E-state index in [1.54, 1.807) is 24.3 Å². The van der Waals surface area contributed by atoms with Crippen LogP contribution in [0, 0.1) is 0 Å². The molecule has 0 N–H and O–H groups in total. The van der Waals surface area contributed by atoms with Crippen LogP contribution >= 0.6 is 0 Å². The van der Waals surface area contributed by atoms with Gasteiger partial charge in [-0.1, -0.05) is 96.6 Å². The minimum absolute atomic E-state index is 0.224. The number of aryl methyl sites for hydroxylation is 1. The van der Waals surface area contributed by atoms with Crippen molar-refractivity contribution in [1.82, 2.24) is 9.97 Å². The van der Waals surface area contributed by atoms with Crippen molar-refractivity contribution in [2.24, 2.45) is 0 Å². The van der Waals surface area contributed by atoms with Crippen molar-refractivity contribution in [2.75, 3.05) is 6.61 Å². The SMILES string of the molecule is CCCCCCCCCCCCCc1cnc(-c2ccc(C(=O)Oc3ccc(C(=O)OC(C)C(=O)OCCCC)cc3)cc2)nc1. The van der Waals surface area contributed by atoms with Crippen LogP contribution in [0.5, 0.6) is 5.75 Å². The lowest BCUT2D eigenvalue weighted by molar-refractivity contribution is -0.153. The first-order valence-electron chi connectivity index (χ1n) is 17.0. The standard InChI is InChI=1S/C38H50N2O6/c1-4-6-8-9-10-11-12-13-14-15-16-17-30-27-39-35(40-28-30)31-18-20-32(21-19-31)38(43)46-34-24-22-33(23-25-34)37(42)45-29(3)36(41)44-26-7-5-2/h18-25,27-29H,4-17,26H2,1-3H3. The summed E-state index contributed by atoms with van der Waals surface area (Å²) < 4.78 is 15.7. The molecule has 3 aromatic rings. The van der Waals surface area contributed by atoms with Gasteiger partial charge in [0.15, 0.2) is 11.9 Å². The summed E-state index contributed by atoms with van der Waals surface area (Å²) in [6, 6.07) is 12.9. The number of carbonyl (C=O) groups excluding carboxylic acids is 3. The number of carbonyl (C=O) groups is 3. The van der Waals surface area contributed by atoms with E-state index in [-0.39, 0.29) is 11.3 Å². The second-order valence-corrected chi connectivity index (χ2v) is 11.8. The number of ether oxygens (including phenoxy) is 3. The lowest BCUT2D eigenvalue weighted by atomic mass is 10.0. The van der Waals surface area contributed by atoms with Crippen LogP contribution < -0.4 is 4.74 Å². The van der Waals surface area contributed by atoms with Gasteiger partial charge >= 0.3 is 17.9 Å². The van der Waals surface area contributed by atoms with Crippen LogP contribution in [0.25, 0.3) is 11.4 Å². The fourth-order valence-electron chi connectivity index (χ4n) is 4.92. The molecule has 0 bridgehead atoms. The normalized spacial score (nSPS) is 11.5. The summed E-state index contributed by atoms with van der Waals surface area (Å²) in [4.78, 5) is 46.1. The number of unbranched alkanes of at least 4 members (excludes halogenated alkanes) is 11. The number of esters is 3. The zero-order valence-electron chi connectivity index (χ0n) is 27.8. The highest BCUT2D eigenvalue weighted by molar-refractivity contribution is 5.93. The monoisotopic (exact) mass is 630 g/mol. The molecule has 0 fully saturated rings. The van der Waals surface area contributed by atoms with E-state index in [2.05, 4.69) is 16.9 Å². The van der Waals surface area contributed by atoms with Crippen LogP contribution in [0.4, 0.5) is 0 Å². The third kappa shape index (κ3) is 13.1. The lowest BCUT2D eigenvalue weighted by Crippen LogP contribution is -2.26. The Morgan fingerprint density at radius 2 is 1.17 bits per heavy atom. The van der Waals surface area contributed by atoms with Gasteiger partial charge in [-0.15, -0.1) is 0 Å². The maximum Gasteiger partial charge on any atom is 0.347 e. The molecule has 0 amide bonds. The van der Waals surface area contributed by atoms with E-state index in [9.17, 15) is 14.4 Å². The number of benzene rings is 2. The number of aromatic nitrogens is 2. The Balaban J connectivity index is 1.38. The van der Waals surface area contributed by atoms with Gasteiger partial charge in [0, 0.05) is 18.0 Å². The number of hydrogen-bond acceptors (Lipinski definition) is 8. The highest BCUT2D eigenvalue weighted by atomic mass is 16.6. The Hall–Kier alpha value is -4.07. The molecular formula is C38H50N2O6. The maximum absolute atomic E-state index is 12.7. The van der Waals surface area contributed by atoms with Crippen molar-refractivity contribution in [3.8, 4) is 17.1 Å². The summed E-state index contributed by atoms with van der Waals surface area (Å²) in [7, 11) is 0. The smallest absolute Gasteiger partial charge is 0.347 e. The highest BCUT2D eigenvalue weighted by Gasteiger charge is 2.20. The van der Waals surface area contributed by atoms with Gasteiger partial charge in [0.05, 0.1) is 17.7 Å². The van der Waals surface area contributed by atoms with Crippen molar-refractivity contribution in [1.29, 1.82) is 0 Å². The van der Waals surface area contributed by atoms with Crippen LogP contribution in [-0.4, -0.2) is 40.6 Å². The predicted octanol–water partition coefficient (Wildman–Crippen LogP) is 9.10. The third-order valence-corrected chi connectivity index (χ3v) is 7.81. The van der Waals surface area contributed by atoms with E-state index in [1.165, 1.54) is 95.4 Å². The topological polar surface area (TPSA) is 105 Å². The Kier molecular flexibility index (Phi) is 16.5. The van der Waals surface area contributed by atoms with Crippen LogP contribution in [0.3, 0.4) is 0 Å². The quantitative estimate of drug-likeness (QED) is 0.0652. The predicted molar refractivity (Wildman–Crippen MR) is 180 cm³/mol. The van der Waals surface area contributed by atoms with E-state index in [0.717, 1.165) is 36.8 Å². The third-order valence-electron chi connectivity index (χ3n) is 7.81. The molecule has 1 unspecified atom stereocenters. The van der Waals surface area contributed by atoms with Crippen molar-refractivity contribution in [3.63, 3.8) is 0 Å². The van der Waals surface area contributed by atoms with E-state index in [1.807, 2.05) is 19.3 Å². The fraction of sp³-hybridized carbons (Fsp3) is 0.500. The summed E-state index contributed by atoms with van der Waals surface area (Å²) >= 11 is 0. The minimum Gasteiger partial charge on any atom is -0.463 e. The molecule has 0 aliphatic carbocycles. The van der Waals surface area contributed by atoms with Crippen molar-refractivity contribution in [3.05, 3.63) is 77.6 Å². The summed E-state index contributed by atoms with van der Waals surface area (Å²) in [6.45, 7) is 6.01. The number of hydrogen-bond donors (Lipinski definition) is 0. The number of rotatable bonds is 21. The fourth-order valence-corrected chi connectivity index (χ4v) is 4.92. The van der Waals surface area contributed by atoms with Crippen LogP contribution in [0.2, 0.25) is 0 Å². The molecule has 248 valence electrons. The Morgan fingerprint density at radius 3 is 1.76 bits per heavy atom. The Morgan fingerprint density at radius 1 is 0.652 bits per heavy atom. The van der Waals surface area contributed by atoms with Crippen molar-refractivity contribution in [2.45, 2.75) is 117 Å². The molecule has 0 saturated carbocycles. The second kappa shape index (κ2) is 20.9. The van der Waals surface area contributed by atoms with Crippen molar-refractivity contribution >= 4 is 17.9 Å². The molecule has 1 atom stereocenters. The van der Waals surface area contributed by atoms with Crippen LogP contribution in [0.1, 0.15) is 131 Å². The zero-order valence-corrected chi connectivity index (χ0v) is 27.8. The molecule has 1 heterocycles. The largest absolute Gasteiger partial charge is 0.463 e. The second-order valence-electron chi connectivity index (χ2n) is 11.8. The highest BCUT2D eigenvalue weighted by Crippen LogP contribution is 2.19. The Labute approximate surface area is 274 Å². The molecule has 8 nitrogen and oxygen atoms in total. The Bertz CT molecular complexity index is 1320. The van der Waals surface area contributed by atoms with Gasteiger partial charge in [0.2, 0.25) is 0 Å². The molecular weight excluding hydrogens is 580 g/mol. The van der Waals surface area contributed by atoms with Gasteiger partial charge in [-0.3, -0.25) is 0 Å². The molecule has 0 spiro atoms. The van der Waals surface area contributed by atoms with E-state index < -0.39 is 24.0 Å². The summed E-state index contributed by atoms with van der Waals surface area (Å²) in [5.41, 5.74) is 2.54. The van der Waals surface area contributed by atoms with Gasteiger partial charge in [0.1, 0.15) is 5.75 Å². The average molecular weight is 631 g/mol. The van der Waals surface area contributed by atoms with E-state index >= 15 is 0 Å². The van der Waals surface area contributed by atoms with Gasteiger partial charge in [-0.2, -0.15) is 0 Å². The average Bonchev–Trinajstić information content (AvgIpc) is 3.08. The first-order valence-corrected chi connectivity index (χ1v) is 17.0. The molecule has 3 rings (SSSR count). The lowest BCUT2D eigenvalue weighted by Gasteiger charge is -2.13. The molecule has 0 aliphatic rings. The molecule has 0 radical (unpaired) electrons. The summed E-state index contributed by atoms with van der Waals surface area (Å²) in [5, 5.41) is 0. The van der Waals surface area contributed by atoms with Gasteiger partial charge in [0.25, 0.3) is 0 Å². The summed E-state index contributed by atoms with van der Waals surface area (Å²) in [6.07, 6.45) is 20.0. The molecule has 0 aliphatic heterocycles. The van der Waals surface area contributed by atoms with Gasteiger partial charge in [-0.25, -0.2) is 24.4 Å². The van der Waals surface area contributed by atoms with E-state index in [0.29, 0.717) is 18.0 Å². The minimum atomic E-state index is -1.02. The maximum atomic E-state index is 12.7. The molecule has 8 heteroatoms. The van der Waals surface area contributed by atoms with Gasteiger partial charge in [-0.05, 0) is 68.1 Å². The zero-order chi connectivity index (χ0) is 33.0. The first kappa shape index (κ1) is 36.4. The molecule has 2 aromatic carbocycles. The summed E-state index contributed by atoms with van der Waals surface area (Å²) in [5.74, 6) is -0.911.